The van der Waals surface area contributed by atoms with Gasteiger partial charge in [-0.2, -0.15) is 0 Å². The van der Waals surface area contributed by atoms with Crippen LogP contribution in [-0.4, -0.2) is 19.1 Å². The average Bonchev–Trinajstić information content (AvgIpc) is 2.15. The van der Waals surface area contributed by atoms with Crippen LogP contribution < -0.4 is 15.2 Å². The summed E-state index contributed by atoms with van der Waals surface area (Å²) in [6.45, 7) is 2.14. The zero-order valence-corrected chi connectivity index (χ0v) is 9.08. The van der Waals surface area contributed by atoms with Crippen LogP contribution in [0.15, 0.2) is 18.2 Å². The van der Waals surface area contributed by atoms with Crippen molar-refractivity contribution in [1.29, 1.82) is 0 Å². The van der Waals surface area contributed by atoms with Crippen molar-refractivity contribution in [1.82, 2.24) is 0 Å². The van der Waals surface area contributed by atoms with Gasteiger partial charge in [0.2, 0.25) is 0 Å². The molecule has 5 heteroatoms. The standard InChI is InChI=1S/C10H12ClNO3/c1-7(13)15-8-2-3-10(9(11)6-8)14-5-4-12/h2-3,6H,4-5,12H2,1H3. The van der Waals surface area contributed by atoms with E-state index in [-0.39, 0.29) is 5.97 Å². The Hall–Kier alpha value is -1.26. The lowest BCUT2D eigenvalue weighted by Crippen LogP contribution is -2.10. The fourth-order valence-corrected chi connectivity index (χ4v) is 1.22. The molecule has 0 atom stereocenters. The molecule has 0 aliphatic heterocycles. The minimum Gasteiger partial charge on any atom is -0.491 e. The molecular weight excluding hydrogens is 218 g/mol. The first-order valence-electron chi connectivity index (χ1n) is 4.44. The smallest absolute Gasteiger partial charge is 0.308 e. The van der Waals surface area contributed by atoms with E-state index >= 15 is 0 Å². The van der Waals surface area contributed by atoms with Crippen LogP contribution in [0.4, 0.5) is 0 Å². The van der Waals surface area contributed by atoms with Crippen molar-refractivity contribution in [3.8, 4) is 11.5 Å². The summed E-state index contributed by atoms with van der Waals surface area (Å²) in [6.07, 6.45) is 0. The van der Waals surface area contributed by atoms with Crippen LogP contribution in [0, 0.1) is 0 Å². The highest BCUT2D eigenvalue weighted by molar-refractivity contribution is 6.32. The summed E-state index contributed by atoms with van der Waals surface area (Å²) in [4.78, 5) is 10.7. The predicted octanol–water partition coefficient (Wildman–Crippen LogP) is 1.60. The van der Waals surface area contributed by atoms with Crippen molar-refractivity contribution < 1.29 is 14.3 Å². The van der Waals surface area contributed by atoms with Gasteiger partial charge in [0.1, 0.15) is 18.1 Å². The molecule has 0 saturated carbocycles. The van der Waals surface area contributed by atoms with Gasteiger partial charge in [-0.25, -0.2) is 0 Å². The first kappa shape index (κ1) is 11.8. The molecular formula is C10H12ClNO3. The third-order valence-electron chi connectivity index (χ3n) is 1.54. The molecule has 1 rings (SSSR count). The quantitative estimate of drug-likeness (QED) is 0.629. The lowest BCUT2D eigenvalue weighted by atomic mass is 10.3. The van der Waals surface area contributed by atoms with Crippen LogP contribution in [0.1, 0.15) is 6.92 Å². The van der Waals surface area contributed by atoms with Crippen LogP contribution in [0.25, 0.3) is 0 Å². The maximum atomic E-state index is 10.7. The molecule has 0 amide bonds. The van der Waals surface area contributed by atoms with Crippen LogP contribution in [0.5, 0.6) is 11.5 Å². The van der Waals surface area contributed by atoms with Gasteiger partial charge in [-0.3, -0.25) is 4.79 Å². The monoisotopic (exact) mass is 229 g/mol. The second-order valence-electron chi connectivity index (χ2n) is 2.82. The van der Waals surface area contributed by atoms with Crippen molar-refractivity contribution in [3.05, 3.63) is 23.2 Å². The van der Waals surface area contributed by atoms with Gasteiger partial charge in [-0.05, 0) is 12.1 Å². The third kappa shape index (κ3) is 3.77. The molecule has 2 N–H and O–H groups in total. The number of rotatable bonds is 4. The van der Waals surface area contributed by atoms with Crippen molar-refractivity contribution in [3.63, 3.8) is 0 Å². The Morgan fingerprint density at radius 3 is 2.80 bits per heavy atom. The normalized spacial score (nSPS) is 9.80. The van der Waals surface area contributed by atoms with E-state index in [4.69, 9.17) is 26.8 Å². The van der Waals surface area contributed by atoms with E-state index in [0.29, 0.717) is 29.7 Å². The molecule has 82 valence electrons. The van der Waals surface area contributed by atoms with Crippen LogP contribution >= 0.6 is 11.6 Å². The predicted molar refractivity (Wildman–Crippen MR) is 57.3 cm³/mol. The zero-order chi connectivity index (χ0) is 11.3. The van der Waals surface area contributed by atoms with Crippen molar-refractivity contribution in [2.24, 2.45) is 5.73 Å². The lowest BCUT2D eigenvalue weighted by Gasteiger charge is -2.08. The molecule has 0 saturated heterocycles. The highest BCUT2D eigenvalue weighted by atomic mass is 35.5. The zero-order valence-electron chi connectivity index (χ0n) is 8.33. The first-order chi connectivity index (χ1) is 7.13. The highest BCUT2D eigenvalue weighted by Crippen LogP contribution is 2.28. The van der Waals surface area contributed by atoms with Gasteiger partial charge >= 0.3 is 5.97 Å². The Labute approximate surface area is 92.9 Å². The Morgan fingerprint density at radius 2 is 2.27 bits per heavy atom. The van der Waals surface area contributed by atoms with E-state index in [9.17, 15) is 4.79 Å². The Kier molecular flexibility index (Phi) is 4.39. The average molecular weight is 230 g/mol. The number of nitrogens with two attached hydrogens (primary N) is 1. The molecule has 0 fully saturated rings. The van der Waals surface area contributed by atoms with Gasteiger partial charge in [0.25, 0.3) is 0 Å². The summed E-state index contributed by atoms with van der Waals surface area (Å²) in [6, 6.07) is 4.77. The molecule has 0 bridgehead atoms. The van der Waals surface area contributed by atoms with Gasteiger partial charge in [-0.15, -0.1) is 0 Å². The molecule has 1 aromatic carbocycles. The maximum absolute atomic E-state index is 10.7. The summed E-state index contributed by atoms with van der Waals surface area (Å²) < 4.78 is 10.1. The fourth-order valence-electron chi connectivity index (χ4n) is 0.997. The summed E-state index contributed by atoms with van der Waals surface area (Å²) in [7, 11) is 0. The van der Waals surface area contributed by atoms with E-state index in [1.54, 1.807) is 12.1 Å². The molecule has 1 aromatic rings. The minimum atomic E-state index is -0.387. The second-order valence-corrected chi connectivity index (χ2v) is 3.23. The number of benzene rings is 1. The molecule has 0 heterocycles. The topological polar surface area (TPSA) is 61.5 Å². The minimum absolute atomic E-state index is 0.387. The van der Waals surface area contributed by atoms with Crippen molar-refractivity contribution in [2.75, 3.05) is 13.2 Å². The van der Waals surface area contributed by atoms with Crippen LogP contribution in [0.3, 0.4) is 0 Å². The van der Waals surface area contributed by atoms with Gasteiger partial charge < -0.3 is 15.2 Å². The third-order valence-corrected chi connectivity index (χ3v) is 1.84. The molecule has 15 heavy (non-hydrogen) atoms. The van der Waals surface area contributed by atoms with Crippen molar-refractivity contribution in [2.45, 2.75) is 6.92 Å². The highest BCUT2D eigenvalue weighted by Gasteiger charge is 2.04. The van der Waals surface area contributed by atoms with E-state index in [2.05, 4.69) is 0 Å². The number of carbonyl (C=O) groups excluding carboxylic acids is 1. The summed E-state index contributed by atoms with van der Waals surface area (Å²) in [5, 5.41) is 0.391. The molecule has 0 aromatic heterocycles. The molecule has 0 spiro atoms. The van der Waals surface area contributed by atoms with Gasteiger partial charge in [-0.1, -0.05) is 11.6 Å². The Balaban J connectivity index is 2.74. The van der Waals surface area contributed by atoms with Gasteiger partial charge in [0, 0.05) is 19.5 Å². The summed E-state index contributed by atoms with van der Waals surface area (Å²) in [5.74, 6) is 0.535. The van der Waals surface area contributed by atoms with Crippen LogP contribution in [0.2, 0.25) is 5.02 Å². The Bertz CT molecular complexity index is 355. The number of hydrogen-bond donors (Lipinski definition) is 1. The van der Waals surface area contributed by atoms with E-state index < -0.39 is 0 Å². The number of hydrogen-bond acceptors (Lipinski definition) is 4. The second kappa shape index (κ2) is 5.58. The molecule has 0 aliphatic rings. The van der Waals surface area contributed by atoms with Gasteiger partial charge in [0.05, 0.1) is 5.02 Å². The van der Waals surface area contributed by atoms with Crippen LogP contribution in [-0.2, 0) is 4.79 Å². The number of halogens is 1. The molecule has 4 nitrogen and oxygen atoms in total. The number of carbonyl (C=O) groups is 1. The fraction of sp³-hybridized carbons (Fsp3) is 0.300. The number of esters is 1. The van der Waals surface area contributed by atoms with E-state index in [0.717, 1.165) is 0 Å². The van der Waals surface area contributed by atoms with Crippen molar-refractivity contribution >= 4 is 17.6 Å². The largest absolute Gasteiger partial charge is 0.491 e. The molecule has 0 aliphatic carbocycles. The van der Waals surface area contributed by atoms with Gasteiger partial charge in [0.15, 0.2) is 0 Å². The first-order valence-corrected chi connectivity index (χ1v) is 4.82. The maximum Gasteiger partial charge on any atom is 0.308 e. The van der Waals surface area contributed by atoms with E-state index in [1.807, 2.05) is 0 Å². The summed E-state index contributed by atoms with van der Waals surface area (Å²) >= 11 is 5.89. The SMILES string of the molecule is CC(=O)Oc1ccc(OCCN)c(Cl)c1. The molecule has 0 radical (unpaired) electrons. The Morgan fingerprint density at radius 1 is 1.53 bits per heavy atom. The molecule has 0 unspecified atom stereocenters. The number of ether oxygens (including phenoxy) is 2. The van der Waals surface area contributed by atoms with E-state index in [1.165, 1.54) is 13.0 Å². The summed E-state index contributed by atoms with van der Waals surface area (Å²) in [5.41, 5.74) is 5.28. The lowest BCUT2D eigenvalue weighted by molar-refractivity contribution is -0.131.